The summed E-state index contributed by atoms with van der Waals surface area (Å²) < 4.78 is 0. The minimum atomic E-state index is -0.864. The Balaban J connectivity index is 2.03. The summed E-state index contributed by atoms with van der Waals surface area (Å²) in [5.41, 5.74) is 1.63. The van der Waals surface area contributed by atoms with Gasteiger partial charge in [-0.3, -0.25) is 4.79 Å². The molecule has 4 heteroatoms. The first kappa shape index (κ1) is 14.0. The summed E-state index contributed by atoms with van der Waals surface area (Å²) in [6, 6.07) is 7.99. The van der Waals surface area contributed by atoms with Crippen LogP contribution in [0, 0.1) is 0 Å². The molecule has 1 heterocycles. The fourth-order valence-corrected chi connectivity index (χ4v) is 2.55. The van der Waals surface area contributed by atoms with E-state index in [1.54, 1.807) is 25.8 Å². The number of hydrogen-bond donors (Lipinski definition) is 2. The molecule has 1 aromatic carbocycles. The molecule has 1 atom stereocenters. The molecule has 0 unspecified atom stereocenters. The van der Waals surface area contributed by atoms with E-state index in [2.05, 4.69) is 17.4 Å². The van der Waals surface area contributed by atoms with Gasteiger partial charge in [-0.05, 0) is 31.4 Å². The molecule has 1 aromatic rings. The molecule has 4 nitrogen and oxygen atoms in total. The Labute approximate surface area is 114 Å². The van der Waals surface area contributed by atoms with Crippen molar-refractivity contribution < 1.29 is 9.90 Å². The monoisotopic (exact) mass is 262 g/mol. The van der Waals surface area contributed by atoms with Gasteiger partial charge in [-0.25, -0.2) is 0 Å². The van der Waals surface area contributed by atoms with Crippen LogP contribution in [0.3, 0.4) is 0 Å². The van der Waals surface area contributed by atoms with Crippen LogP contribution in [-0.2, 0) is 17.8 Å². The van der Waals surface area contributed by atoms with Crippen LogP contribution in [0.2, 0.25) is 0 Å². The Hall–Kier alpha value is -1.39. The molecule has 0 saturated carbocycles. The van der Waals surface area contributed by atoms with E-state index in [1.165, 1.54) is 11.1 Å². The molecule has 0 aliphatic carbocycles. The minimum absolute atomic E-state index is 0.0385. The van der Waals surface area contributed by atoms with E-state index in [-0.39, 0.29) is 11.9 Å². The number of benzene rings is 1. The second-order valence-electron chi connectivity index (χ2n) is 5.91. The summed E-state index contributed by atoms with van der Waals surface area (Å²) in [6.07, 6.45) is 0.713. The molecule has 2 rings (SSSR count). The maximum atomic E-state index is 12.3. The van der Waals surface area contributed by atoms with E-state index < -0.39 is 5.60 Å². The Kier molecular flexibility index (Phi) is 3.92. The second-order valence-corrected chi connectivity index (χ2v) is 5.91. The number of amides is 1. The lowest BCUT2D eigenvalue weighted by Gasteiger charge is -2.31. The number of rotatable bonds is 3. The van der Waals surface area contributed by atoms with Gasteiger partial charge in [-0.15, -0.1) is 0 Å². The van der Waals surface area contributed by atoms with Crippen molar-refractivity contribution in [2.24, 2.45) is 0 Å². The summed E-state index contributed by atoms with van der Waals surface area (Å²) >= 11 is 0. The summed E-state index contributed by atoms with van der Waals surface area (Å²) in [7, 11) is 1.74. The van der Waals surface area contributed by atoms with Crippen LogP contribution in [0.15, 0.2) is 24.3 Å². The van der Waals surface area contributed by atoms with Crippen molar-refractivity contribution in [3.05, 3.63) is 35.4 Å². The average Bonchev–Trinajstić information content (AvgIpc) is 2.35. The van der Waals surface area contributed by atoms with E-state index in [4.69, 9.17) is 0 Å². The van der Waals surface area contributed by atoms with Crippen molar-refractivity contribution in [3.63, 3.8) is 0 Å². The number of carbonyl (C=O) groups is 1. The molecular weight excluding hydrogens is 240 g/mol. The van der Waals surface area contributed by atoms with Gasteiger partial charge in [0.05, 0.1) is 11.6 Å². The number of likely N-dealkylation sites (N-methyl/N-ethyl adjacent to an activating group) is 1. The van der Waals surface area contributed by atoms with E-state index in [0.717, 1.165) is 6.54 Å². The number of fused-ring (bicyclic) bond motifs is 1. The van der Waals surface area contributed by atoms with Crippen molar-refractivity contribution in [3.8, 4) is 0 Å². The third-order valence-corrected chi connectivity index (χ3v) is 3.38. The molecule has 0 saturated heterocycles. The van der Waals surface area contributed by atoms with Crippen molar-refractivity contribution in [1.29, 1.82) is 0 Å². The summed E-state index contributed by atoms with van der Waals surface area (Å²) in [5.74, 6) is 0.0385. The maximum absolute atomic E-state index is 12.3. The fourth-order valence-electron chi connectivity index (χ4n) is 2.55. The quantitative estimate of drug-likeness (QED) is 0.852. The zero-order valence-electron chi connectivity index (χ0n) is 11.8. The third kappa shape index (κ3) is 3.55. The topological polar surface area (TPSA) is 52.6 Å². The van der Waals surface area contributed by atoms with Gasteiger partial charge in [-0.2, -0.15) is 0 Å². The predicted octanol–water partition coefficient (Wildman–Crippen LogP) is 0.930. The Morgan fingerprint density at radius 1 is 1.42 bits per heavy atom. The first-order chi connectivity index (χ1) is 8.87. The van der Waals surface area contributed by atoms with Crippen molar-refractivity contribution in [2.45, 2.75) is 38.5 Å². The van der Waals surface area contributed by atoms with Crippen molar-refractivity contribution in [2.75, 3.05) is 13.6 Å². The average molecular weight is 262 g/mol. The predicted molar refractivity (Wildman–Crippen MR) is 74.7 cm³/mol. The van der Waals surface area contributed by atoms with Crippen LogP contribution in [0.4, 0.5) is 0 Å². The van der Waals surface area contributed by atoms with Crippen LogP contribution in [-0.4, -0.2) is 41.1 Å². The number of carbonyl (C=O) groups excluding carboxylic acids is 1. The van der Waals surface area contributed by atoms with Gasteiger partial charge in [0.2, 0.25) is 5.91 Å². The lowest BCUT2D eigenvalue weighted by molar-refractivity contribution is -0.135. The highest BCUT2D eigenvalue weighted by Gasteiger charge is 2.28. The van der Waals surface area contributed by atoms with Crippen LogP contribution < -0.4 is 5.32 Å². The number of nitrogens with zero attached hydrogens (tertiary/aromatic N) is 1. The van der Waals surface area contributed by atoms with E-state index in [0.29, 0.717) is 13.0 Å². The second kappa shape index (κ2) is 5.31. The largest absolute Gasteiger partial charge is 0.389 e. The highest BCUT2D eigenvalue weighted by Crippen LogP contribution is 2.17. The summed E-state index contributed by atoms with van der Waals surface area (Å²) in [4.78, 5) is 13.9. The smallest absolute Gasteiger partial charge is 0.239 e. The molecule has 19 heavy (non-hydrogen) atoms. The normalized spacial score (nSPS) is 18.8. The van der Waals surface area contributed by atoms with Crippen molar-refractivity contribution >= 4 is 5.91 Å². The van der Waals surface area contributed by atoms with Gasteiger partial charge >= 0.3 is 0 Å². The zero-order chi connectivity index (χ0) is 14.0. The summed E-state index contributed by atoms with van der Waals surface area (Å²) in [6.45, 7) is 4.48. The van der Waals surface area contributed by atoms with Gasteiger partial charge in [0.1, 0.15) is 0 Å². The molecule has 0 bridgehead atoms. The molecule has 104 valence electrons. The zero-order valence-corrected chi connectivity index (χ0v) is 11.8. The first-order valence-corrected chi connectivity index (χ1v) is 6.64. The Bertz CT molecular complexity index is 465. The van der Waals surface area contributed by atoms with Crippen LogP contribution in [0.25, 0.3) is 0 Å². The molecule has 1 aliphatic heterocycles. The Morgan fingerprint density at radius 3 is 2.68 bits per heavy atom. The highest BCUT2D eigenvalue weighted by molar-refractivity contribution is 5.82. The molecule has 2 N–H and O–H groups in total. The number of hydrogen-bond acceptors (Lipinski definition) is 3. The summed E-state index contributed by atoms with van der Waals surface area (Å²) in [5, 5.41) is 13.0. The van der Waals surface area contributed by atoms with Crippen molar-refractivity contribution in [1.82, 2.24) is 10.2 Å². The number of aliphatic hydroxyl groups is 1. The lowest BCUT2D eigenvalue weighted by atomic mass is 9.95. The standard InChI is InChI=1S/C15H22N2O2/c1-15(2,19)10-17(3)14(18)13-8-11-6-4-5-7-12(11)9-16-13/h4-7,13,16,19H,8-10H2,1-3H3/t13-/m0/s1. The van der Waals surface area contributed by atoms with E-state index >= 15 is 0 Å². The molecular formula is C15H22N2O2. The molecule has 0 aromatic heterocycles. The Morgan fingerprint density at radius 2 is 2.05 bits per heavy atom. The van der Waals surface area contributed by atoms with E-state index in [9.17, 15) is 9.90 Å². The molecule has 0 fully saturated rings. The van der Waals surface area contributed by atoms with Gasteiger partial charge < -0.3 is 15.3 Å². The molecule has 0 spiro atoms. The van der Waals surface area contributed by atoms with Gasteiger partial charge in [0, 0.05) is 20.1 Å². The lowest BCUT2D eigenvalue weighted by Crippen LogP contribution is -2.51. The maximum Gasteiger partial charge on any atom is 0.239 e. The SMILES string of the molecule is CN(CC(C)(C)O)C(=O)[C@@H]1Cc2ccccc2CN1. The van der Waals surface area contributed by atoms with Gasteiger partial charge in [0.25, 0.3) is 0 Å². The van der Waals surface area contributed by atoms with Crippen LogP contribution >= 0.6 is 0 Å². The third-order valence-electron chi connectivity index (χ3n) is 3.38. The molecule has 1 amide bonds. The highest BCUT2D eigenvalue weighted by atomic mass is 16.3. The molecule has 0 radical (unpaired) electrons. The molecule has 1 aliphatic rings. The van der Waals surface area contributed by atoms with Crippen LogP contribution in [0.1, 0.15) is 25.0 Å². The first-order valence-electron chi connectivity index (χ1n) is 6.64. The van der Waals surface area contributed by atoms with Crippen LogP contribution in [0.5, 0.6) is 0 Å². The minimum Gasteiger partial charge on any atom is -0.389 e. The van der Waals surface area contributed by atoms with E-state index in [1.807, 2.05) is 12.1 Å². The van der Waals surface area contributed by atoms with Gasteiger partial charge in [-0.1, -0.05) is 24.3 Å². The fraction of sp³-hybridized carbons (Fsp3) is 0.533. The van der Waals surface area contributed by atoms with Gasteiger partial charge in [0.15, 0.2) is 0 Å². The number of nitrogens with one attached hydrogen (secondary N) is 1.